The van der Waals surface area contributed by atoms with Gasteiger partial charge in [0.25, 0.3) is 0 Å². The number of esters is 2. The number of alkyl halides is 6. The maximum Gasteiger partial charge on any atom is 0.414 e. The number of carbonyl (C=O) groups excluding carboxylic acids is 4. The molecule has 0 aliphatic carbocycles. The maximum absolute atomic E-state index is 13.3. The molecule has 15 nitrogen and oxygen atoms in total. The molecule has 0 N–H and O–H groups in total. The number of aryl methyl sites for hydroxylation is 2. The molecule has 0 bridgehead atoms. The van der Waals surface area contributed by atoms with E-state index in [0.717, 1.165) is 15.4 Å². The molecule has 0 aliphatic heterocycles. The largest absolute Gasteiger partial charge is 0.465 e. The number of nitrogens with zero attached hydrogens (tertiary/aromatic N) is 7. The zero-order chi connectivity index (χ0) is 55.4. The van der Waals surface area contributed by atoms with Crippen LogP contribution in [0, 0.1) is 13.8 Å². The van der Waals surface area contributed by atoms with Gasteiger partial charge < -0.3 is 18.9 Å². The number of halogens is 7. The van der Waals surface area contributed by atoms with E-state index in [2.05, 4.69) is 30.9 Å². The van der Waals surface area contributed by atoms with Gasteiger partial charge in [-0.25, -0.2) is 29.1 Å². The number of hydrogen-bond acceptors (Lipinski definition) is 11. The molecular weight excluding hydrogens is 1060 g/mol. The van der Waals surface area contributed by atoms with Crippen LogP contribution >= 0.6 is 15.9 Å². The minimum atomic E-state index is -4.50. The lowest BCUT2D eigenvalue weighted by Gasteiger charge is -2.28. The van der Waals surface area contributed by atoms with Crippen LogP contribution < -0.4 is 9.80 Å². The number of imidazole rings is 2. The molecule has 75 heavy (non-hydrogen) atoms. The minimum Gasteiger partial charge on any atom is -0.465 e. The fraction of sp³-hybridized carbons (Fsp3) is 0.340. The average Bonchev–Trinajstić information content (AvgIpc) is 3.94. The van der Waals surface area contributed by atoms with Crippen LogP contribution in [-0.4, -0.2) is 98.7 Å². The zero-order valence-corrected chi connectivity index (χ0v) is 44.2. The topological polar surface area (TPSA) is 159 Å². The van der Waals surface area contributed by atoms with Gasteiger partial charge in [0, 0.05) is 59.0 Å². The van der Waals surface area contributed by atoms with Crippen molar-refractivity contribution in [1.82, 2.24) is 23.8 Å². The molecule has 0 radical (unpaired) electrons. The number of rotatable bonds is 11. The van der Waals surface area contributed by atoms with E-state index in [0.29, 0.717) is 54.8 Å². The monoisotopic (exact) mass is 1110 g/mol. The summed E-state index contributed by atoms with van der Waals surface area (Å²) in [4.78, 5) is 65.1. The number of methoxy groups -OCH3 is 2. The van der Waals surface area contributed by atoms with E-state index in [1.54, 1.807) is 156 Å². The highest BCUT2D eigenvalue weighted by molar-refractivity contribution is 9.10. The smallest absolute Gasteiger partial charge is 0.414 e. The number of carbonyl (C=O) groups is 4. The standard InChI is InChI=1S/C29H29F3N4O4.C24H25BrF3N3O4/c1-18-14-20(6-7-22(18)26(37)39-5)24-16-34-25-23(15-21(17-36(24)25)19-8-11-33-12-9-19)35(13-10-29(30,31)32)27(38)40-28(2,3)4;1-14-10-15(6-7-17(14)21(32)34-5)19-12-29-20-18(11-16(25)13-31(19)20)30(9-8-24(26,27)28)22(33)35-23(2,3)4/h6-9,11-12,14-17H,10,13H2,1-5H3;6-7,10-13H,8-9H2,1-5H3. The van der Waals surface area contributed by atoms with Crippen LogP contribution in [0.4, 0.5) is 47.3 Å². The second-order valence-electron chi connectivity index (χ2n) is 19.1. The SMILES string of the molecule is COC(=O)c1ccc(-c2cnc3c(N(CCC(F)(F)F)C(=O)OC(C)(C)C)cc(-c4ccncc4)cn23)cc1C.COC(=O)c1ccc(-c2cnc3c(N(CCC(F)(F)F)C(=O)OC(C)(C)C)cc(Br)cn23)cc1C. The molecule has 5 heterocycles. The van der Waals surface area contributed by atoms with Crippen LogP contribution in [0.3, 0.4) is 0 Å². The number of hydrogen-bond donors (Lipinski definition) is 0. The first-order valence-corrected chi connectivity index (χ1v) is 23.9. The molecule has 0 atom stereocenters. The van der Waals surface area contributed by atoms with Gasteiger partial charge in [-0.1, -0.05) is 12.1 Å². The molecule has 2 aromatic carbocycles. The number of aromatic nitrogens is 5. The van der Waals surface area contributed by atoms with Crippen LogP contribution in [-0.2, 0) is 18.9 Å². The van der Waals surface area contributed by atoms with Crippen molar-refractivity contribution in [2.24, 2.45) is 0 Å². The van der Waals surface area contributed by atoms with Crippen LogP contribution in [0.15, 0.2) is 102 Å². The Balaban J connectivity index is 0.000000246. The Bertz CT molecular complexity index is 3240. The molecule has 0 saturated heterocycles. The van der Waals surface area contributed by atoms with Crippen molar-refractivity contribution in [1.29, 1.82) is 0 Å². The Morgan fingerprint density at radius 3 is 1.37 bits per heavy atom. The van der Waals surface area contributed by atoms with E-state index in [1.165, 1.54) is 20.3 Å². The molecular formula is C53H54BrF6N7O8. The van der Waals surface area contributed by atoms with Crippen molar-refractivity contribution in [2.75, 3.05) is 37.1 Å². The lowest BCUT2D eigenvalue weighted by atomic mass is 10.0. The summed E-state index contributed by atoms with van der Waals surface area (Å²) in [5.41, 5.74) is 5.15. The van der Waals surface area contributed by atoms with Gasteiger partial charge in [-0.2, -0.15) is 26.3 Å². The summed E-state index contributed by atoms with van der Waals surface area (Å²) in [6.07, 6.45) is -3.46. The van der Waals surface area contributed by atoms with Gasteiger partial charge in [-0.05, 0) is 137 Å². The molecule has 398 valence electrons. The van der Waals surface area contributed by atoms with Gasteiger partial charge in [0.1, 0.15) is 11.2 Å². The van der Waals surface area contributed by atoms with Crippen molar-refractivity contribution in [2.45, 2.75) is 91.8 Å². The first-order valence-electron chi connectivity index (χ1n) is 23.1. The Morgan fingerprint density at radius 2 is 0.987 bits per heavy atom. The zero-order valence-electron chi connectivity index (χ0n) is 42.6. The van der Waals surface area contributed by atoms with Gasteiger partial charge in [-0.3, -0.25) is 23.6 Å². The molecule has 0 spiro atoms. The predicted octanol–water partition coefficient (Wildman–Crippen LogP) is 13.4. The van der Waals surface area contributed by atoms with E-state index in [-0.39, 0.29) is 22.7 Å². The molecule has 7 rings (SSSR count). The van der Waals surface area contributed by atoms with Crippen molar-refractivity contribution in [3.8, 4) is 33.6 Å². The summed E-state index contributed by atoms with van der Waals surface area (Å²) in [7, 11) is 2.60. The fourth-order valence-electron chi connectivity index (χ4n) is 7.69. The third-order valence-electron chi connectivity index (χ3n) is 11.1. The molecule has 0 saturated carbocycles. The first-order chi connectivity index (χ1) is 35.0. The molecule has 5 aromatic heterocycles. The number of pyridine rings is 3. The van der Waals surface area contributed by atoms with Gasteiger partial charge in [-0.15, -0.1) is 0 Å². The number of fused-ring (bicyclic) bond motifs is 2. The van der Waals surface area contributed by atoms with E-state index in [4.69, 9.17) is 18.9 Å². The Morgan fingerprint density at radius 1 is 0.573 bits per heavy atom. The van der Waals surface area contributed by atoms with Gasteiger partial charge >= 0.3 is 36.5 Å². The van der Waals surface area contributed by atoms with E-state index in [9.17, 15) is 45.5 Å². The van der Waals surface area contributed by atoms with Gasteiger partial charge in [0.2, 0.25) is 0 Å². The lowest BCUT2D eigenvalue weighted by molar-refractivity contribution is -0.133. The van der Waals surface area contributed by atoms with Crippen LogP contribution in [0.25, 0.3) is 44.9 Å². The second kappa shape index (κ2) is 22.5. The maximum atomic E-state index is 13.3. The summed E-state index contributed by atoms with van der Waals surface area (Å²) in [6.45, 7) is 12.1. The summed E-state index contributed by atoms with van der Waals surface area (Å²) in [6, 6.07) is 17.0. The summed E-state index contributed by atoms with van der Waals surface area (Å²) in [5, 5.41) is 0. The van der Waals surface area contributed by atoms with Crippen molar-refractivity contribution < 1.29 is 64.5 Å². The average molecular weight is 1110 g/mol. The van der Waals surface area contributed by atoms with E-state index >= 15 is 0 Å². The Labute approximate surface area is 436 Å². The number of ether oxygens (including phenoxy) is 4. The number of anilines is 2. The molecule has 2 amide bonds. The summed E-state index contributed by atoms with van der Waals surface area (Å²) >= 11 is 3.39. The molecule has 0 fully saturated rings. The summed E-state index contributed by atoms with van der Waals surface area (Å²) < 4.78 is 104. The van der Waals surface area contributed by atoms with Crippen molar-refractivity contribution >= 4 is 62.7 Å². The second-order valence-corrected chi connectivity index (χ2v) is 20.0. The van der Waals surface area contributed by atoms with Gasteiger partial charge in [0.15, 0.2) is 11.3 Å². The van der Waals surface area contributed by atoms with Crippen LogP contribution in [0.5, 0.6) is 0 Å². The third-order valence-corrected chi connectivity index (χ3v) is 11.5. The van der Waals surface area contributed by atoms with Crippen LogP contribution in [0.2, 0.25) is 0 Å². The molecule has 0 unspecified atom stereocenters. The lowest BCUT2D eigenvalue weighted by Crippen LogP contribution is -2.39. The first kappa shape index (κ1) is 56.8. The fourth-order valence-corrected chi connectivity index (χ4v) is 8.11. The molecule has 22 heteroatoms. The molecule has 7 aromatic rings. The quantitative estimate of drug-likeness (QED) is 0.0689. The third kappa shape index (κ3) is 14.4. The number of amides is 2. The normalized spacial score (nSPS) is 12.0. The summed E-state index contributed by atoms with van der Waals surface area (Å²) in [5.74, 6) is -0.933. The van der Waals surface area contributed by atoms with Crippen molar-refractivity contribution in [3.05, 3.63) is 125 Å². The highest BCUT2D eigenvalue weighted by atomic mass is 79.9. The predicted molar refractivity (Wildman–Crippen MR) is 273 cm³/mol. The van der Waals surface area contributed by atoms with Crippen LogP contribution in [0.1, 0.15) is 86.2 Å². The van der Waals surface area contributed by atoms with E-state index in [1.807, 2.05) is 0 Å². The molecule has 0 aliphatic rings. The Hall–Kier alpha value is -7.49. The van der Waals surface area contributed by atoms with Crippen molar-refractivity contribution in [3.63, 3.8) is 0 Å². The highest BCUT2D eigenvalue weighted by Gasteiger charge is 2.35. The highest BCUT2D eigenvalue weighted by Crippen LogP contribution is 2.36. The Kier molecular flexibility index (Phi) is 17.1. The van der Waals surface area contributed by atoms with E-state index < -0.39 is 73.6 Å². The van der Waals surface area contributed by atoms with Gasteiger partial charge in [0.05, 0.1) is 73.3 Å². The number of benzene rings is 2. The minimum absolute atomic E-state index is 0.155.